The van der Waals surface area contributed by atoms with Crippen molar-refractivity contribution in [2.45, 2.75) is 46.3 Å². The molecule has 0 spiro atoms. The third kappa shape index (κ3) is 5.24. The van der Waals surface area contributed by atoms with Crippen LogP contribution >= 0.6 is 0 Å². The summed E-state index contributed by atoms with van der Waals surface area (Å²) in [4.78, 5) is 12.3. The maximum absolute atomic E-state index is 12.3. The Morgan fingerprint density at radius 2 is 1.68 bits per heavy atom. The first-order chi connectivity index (χ1) is 12.1. The summed E-state index contributed by atoms with van der Waals surface area (Å²) in [5.41, 5.74) is 3.72. The van der Waals surface area contributed by atoms with Gasteiger partial charge < -0.3 is 14.8 Å². The van der Waals surface area contributed by atoms with Crippen LogP contribution in [-0.4, -0.2) is 19.1 Å². The average molecular weight is 341 g/mol. The third-order valence-corrected chi connectivity index (χ3v) is 4.25. The molecule has 0 bridgehead atoms. The first-order valence-electron chi connectivity index (χ1n) is 8.76. The monoisotopic (exact) mass is 341 g/mol. The summed E-state index contributed by atoms with van der Waals surface area (Å²) >= 11 is 0. The van der Waals surface area contributed by atoms with Crippen LogP contribution in [0.2, 0.25) is 0 Å². The predicted octanol–water partition coefficient (Wildman–Crippen LogP) is 3.90. The third-order valence-electron chi connectivity index (χ3n) is 4.25. The molecule has 0 aliphatic rings. The Morgan fingerprint density at radius 1 is 1.00 bits per heavy atom. The Hall–Kier alpha value is -2.49. The molecule has 0 unspecified atom stereocenters. The molecule has 0 heterocycles. The highest BCUT2D eigenvalue weighted by Crippen LogP contribution is 2.18. The fraction of sp³-hybridized carbons (Fsp3) is 0.381. The number of hydrogen-bond acceptors (Lipinski definition) is 3. The first kappa shape index (κ1) is 18.8. The molecule has 0 fully saturated rings. The zero-order chi connectivity index (χ0) is 18.2. The van der Waals surface area contributed by atoms with Crippen LogP contribution in [0.1, 0.15) is 37.5 Å². The highest BCUT2D eigenvalue weighted by Gasteiger charge is 2.15. The van der Waals surface area contributed by atoms with E-state index in [0.29, 0.717) is 12.3 Å². The Labute approximate surface area is 150 Å². The van der Waals surface area contributed by atoms with Crippen LogP contribution in [0.25, 0.3) is 0 Å². The number of carbonyl (C=O) groups is 1. The van der Waals surface area contributed by atoms with Gasteiger partial charge in [-0.25, -0.2) is 0 Å². The molecule has 0 saturated carbocycles. The van der Waals surface area contributed by atoms with E-state index in [1.165, 1.54) is 16.7 Å². The smallest absolute Gasteiger partial charge is 0.261 e. The topological polar surface area (TPSA) is 47.6 Å². The van der Waals surface area contributed by atoms with E-state index in [4.69, 9.17) is 9.47 Å². The molecule has 0 aliphatic carbocycles. The van der Waals surface area contributed by atoms with E-state index < -0.39 is 6.10 Å². The van der Waals surface area contributed by atoms with Crippen molar-refractivity contribution in [1.82, 2.24) is 5.32 Å². The Morgan fingerprint density at radius 3 is 2.28 bits per heavy atom. The van der Waals surface area contributed by atoms with Crippen LogP contribution in [0, 0.1) is 0 Å². The molecular formula is C21H27NO3. The van der Waals surface area contributed by atoms with Gasteiger partial charge in [0.25, 0.3) is 5.91 Å². The zero-order valence-corrected chi connectivity index (χ0v) is 15.5. The fourth-order valence-electron chi connectivity index (χ4n) is 2.65. The average Bonchev–Trinajstić information content (AvgIpc) is 2.66. The molecule has 0 radical (unpaired) electrons. The van der Waals surface area contributed by atoms with E-state index in [9.17, 15) is 4.79 Å². The number of methoxy groups -OCH3 is 1. The molecule has 0 saturated heterocycles. The van der Waals surface area contributed by atoms with Gasteiger partial charge in [-0.15, -0.1) is 0 Å². The summed E-state index contributed by atoms with van der Waals surface area (Å²) in [7, 11) is 1.62. The molecule has 2 rings (SSSR count). The summed E-state index contributed by atoms with van der Waals surface area (Å²) in [5.74, 6) is 1.28. The van der Waals surface area contributed by atoms with Gasteiger partial charge in [-0.2, -0.15) is 0 Å². The standard InChI is InChI=1S/C21H27NO3/c1-5-16-7-8-17(6-2)18(13-16)14-22-21(23)15(3)25-20-11-9-19(24-4)10-12-20/h7-13,15H,5-6,14H2,1-4H3,(H,22,23)/t15-/m1/s1. The minimum Gasteiger partial charge on any atom is -0.497 e. The quantitative estimate of drug-likeness (QED) is 0.792. The highest BCUT2D eigenvalue weighted by atomic mass is 16.5. The van der Waals surface area contributed by atoms with Crippen molar-refractivity contribution in [3.63, 3.8) is 0 Å². The largest absolute Gasteiger partial charge is 0.497 e. The molecule has 134 valence electrons. The van der Waals surface area contributed by atoms with Gasteiger partial charge in [0, 0.05) is 6.54 Å². The Bertz CT molecular complexity index is 695. The summed E-state index contributed by atoms with van der Waals surface area (Å²) in [6.45, 7) is 6.53. The van der Waals surface area contributed by atoms with Crippen LogP contribution in [0.5, 0.6) is 11.5 Å². The van der Waals surface area contributed by atoms with Gasteiger partial charge in [0.05, 0.1) is 7.11 Å². The van der Waals surface area contributed by atoms with Crippen LogP contribution in [-0.2, 0) is 24.2 Å². The van der Waals surface area contributed by atoms with Gasteiger partial charge in [0.15, 0.2) is 6.10 Å². The molecule has 0 aliphatic heterocycles. The lowest BCUT2D eigenvalue weighted by Gasteiger charge is -2.16. The summed E-state index contributed by atoms with van der Waals surface area (Å²) < 4.78 is 10.8. The molecule has 1 amide bonds. The van der Waals surface area contributed by atoms with Gasteiger partial charge in [0.2, 0.25) is 0 Å². The van der Waals surface area contributed by atoms with Crippen molar-refractivity contribution in [3.8, 4) is 11.5 Å². The van der Waals surface area contributed by atoms with Crippen molar-refractivity contribution < 1.29 is 14.3 Å². The Kier molecular flexibility index (Phi) is 6.87. The second kappa shape index (κ2) is 9.11. The van der Waals surface area contributed by atoms with Crippen molar-refractivity contribution >= 4 is 5.91 Å². The molecule has 2 aromatic rings. The minimum absolute atomic E-state index is 0.125. The molecular weight excluding hydrogens is 314 g/mol. The van der Waals surface area contributed by atoms with E-state index in [1.54, 1.807) is 26.2 Å². The predicted molar refractivity (Wildman–Crippen MR) is 100 cm³/mol. The SMILES string of the molecule is CCc1ccc(CC)c(CNC(=O)[C@@H](C)Oc2ccc(OC)cc2)c1. The highest BCUT2D eigenvalue weighted by molar-refractivity contribution is 5.80. The molecule has 2 aromatic carbocycles. The van der Waals surface area contributed by atoms with Gasteiger partial charge >= 0.3 is 0 Å². The van der Waals surface area contributed by atoms with Gasteiger partial charge in [-0.05, 0) is 60.7 Å². The van der Waals surface area contributed by atoms with Crippen molar-refractivity contribution in [2.75, 3.05) is 7.11 Å². The molecule has 1 N–H and O–H groups in total. The van der Waals surface area contributed by atoms with Crippen molar-refractivity contribution in [1.29, 1.82) is 0 Å². The van der Waals surface area contributed by atoms with Crippen LogP contribution in [0.3, 0.4) is 0 Å². The lowest BCUT2D eigenvalue weighted by molar-refractivity contribution is -0.127. The maximum atomic E-state index is 12.3. The van der Waals surface area contributed by atoms with Crippen LogP contribution in [0.4, 0.5) is 0 Å². The van der Waals surface area contributed by atoms with Gasteiger partial charge in [-0.3, -0.25) is 4.79 Å². The fourth-order valence-corrected chi connectivity index (χ4v) is 2.65. The first-order valence-corrected chi connectivity index (χ1v) is 8.76. The number of ether oxygens (including phenoxy) is 2. The van der Waals surface area contributed by atoms with E-state index >= 15 is 0 Å². The molecule has 4 heteroatoms. The van der Waals surface area contributed by atoms with Crippen LogP contribution < -0.4 is 14.8 Å². The number of carbonyl (C=O) groups excluding carboxylic acids is 1. The number of amides is 1. The molecule has 1 atom stereocenters. The summed E-state index contributed by atoms with van der Waals surface area (Å²) in [5, 5.41) is 2.98. The van der Waals surface area contributed by atoms with E-state index in [0.717, 1.165) is 18.6 Å². The van der Waals surface area contributed by atoms with Crippen LogP contribution in [0.15, 0.2) is 42.5 Å². The normalized spacial score (nSPS) is 11.7. The Balaban J connectivity index is 1.94. The molecule has 0 aromatic heterocycles. The molecule has 25 heavy (non-hydrogen) atoms. The van der Waals surface area contributed by atoms with Gasteiger partial charge in [0.1, 0.15) is 11.5 Å². The van der Waals surface area contributed by atoms with E-state index in [-0.39, 0.29) is 5.91 Å². The number of nitrogens with one attached hydrogen (secondary N) is 1. The second-order valence-corrected chi connectivity index (χ2v) is 5.96. The zero-order valence-electron chi connectivity index (χ0n) is 15.5. The lowest BCUT2D eigenvalue weighted by atomic mass is 10.0. The minimum atomic E-state index is -0.562. The van der Waals surface area contributed by atoms with Gasteiger partial charge in [-0.1, -0.05) is 32.0 Å². The number of benzene rings is 2. The second-order valence-electron chi connectivity index (χ2n) is 5.96. The molecule has 4 nitrogen and oxygen atoms in total. The van der Waals surface area contributed by atoms with Crippen molar-refractivity contribution in [2.24, 2.45) is 0 Å². The number of rotatable bonds is 8. The number of aryl methyl sites for hydroxylation is 2. The summed E-state index contributed by atoms with van der Waals surface area (Å²) in [6, 6.07) is 13.7. The maximum Gasteiger partial charge on any atom is 0.261 e. The summed E-state index contributed by atoms with van der Waals surface area (Å²) in [6.07, 6.45) is 1.38. The van der Waals surface area contributed by atoms with Crippen molar-refractivity contribution in [3.05, 3.63) is 59.2 Å². The van der Waals surface area contributed by atoms with E-state index in [2.05, 4.69) is 37.4 Å². The van der Waals surface area contributed by atoms with E-state index in [1.807, 2.05) is 12.1 Å². The number of hydrogen-bond donors (Lipinski definition) is 1. The lowest BCUT2D eigenvalue weighted by Crippen LogP contribution is -2.36.